The van der Waals surface area contributed by atoms with Gasteiger partial charge < -0.3 is 40.1 Å². The van der Waals surface area contributed by atoms with E-state index in [1.165, 1.54) is 161 Å². The zero-order valence-electron chi connectivity index (χ0n) is 39.6. The summed E-state index contributed by atoms with van der Waals surface area (Å²) in [7, 11) is 0. The van der Waals surface area contributed by atoms with Gasteiger partial charge in [-0.15, -0.1) is 0 Å². The average Bonchev–Trinajstić information content (AvgIpc) is 3.25. The van der Waals surface area contributed by atoms with Crippen LogP contribution in [-0.2, 0) is 14.3 Å². The van der Waals surface area contributed by atoms with Crippen molar-refractivity contribution in [3.63, 3.8) is 0 Å². The second-order valence-corrected chi connectivity index (χ2v) is 19.1. The molecule has 0 spiro atoms. The Morgan fingerprint density at radius 2 is 0.833 bits per heavy atom. The molecule has 0 saturated carbocycles. The second kappa shape index (κ2) is 38.6. The maximum Gasteiger partial charge on any atom is 0.309 e. The lowest BCUT2D eigenvalue weighted by Gasteiger charge is -2.40. The van der Waals surface area contributed by atoms with Crippen molar-refractivity contribution in [3.05, 3.63) is 0 Å². The monoisotopic (exact) mass is 857 g/mol. The third-order valence-corrected chi connectivity index (χ3v) is 13.5. The molecule has 0 aromatic heterocycles. The highest BCUT2D eigenvalue weighted by Gasteiger charge is 2.44. The Morgan fingerprint density at radius 3 is 1.22 bits per heavy atom. The quantitative estimate of drug-likeness (QED) is 0.0260. The van der Waals surface area contributed by atoms with Gasteiger partial charge in [0.2, 0.25) is 0 Å². The molecule has 1 fully saturated rings. The number of carbonyl (C=O) groups is 1. The van der Waals surface area contributed by atoms with Crippen LogP contribution in [-0.4, -0.2) is 92.0 Å². The molecule has 6 N–H and O–H groups in total. The molecule has 0 aromatic carbocycles. The summed E-state index contributed by atoms with van der Waals surface area (Å²) in [6.45, 7) is 7.75. The van der Waals surface area contributed by atoms with Gasteiger partial charge in [0.05, 0.1) is 24.7 Å². The van der Waals surface area contributed by atoms with Crippen LogP contribution in [0.5, 0.6) is 0 Å². The first-order valence-electron chi connectivity index (χ1n) is 26.0. The summed E-state index contributed by atoms with van der Waals surface area (Å²) in [4.78, 5) is 13.4. The molecule has 0 radical (unpaired) electrons. The standard InChI is InChI=1S/C51H100O9/c1-5-7-9-11-13-15-17-18-19-20-21-22-23-24-25-26-27-29-31-33-35-37-42(4)51(58)60-44(39-38-43-48(55)50(57)49(56)45(40-52)59-43)47(54)46(53)41(3)36-34-32-30-28-16-14-12-10-8-6-2/h41-50,52-57H,5-40H2,1-4H3/t41?,42?,43-,44+,45?,46?,47?,48+,49?,50?/m1/s1. The van der Waals surface area contributed by atoms with Gasteiger partial charge in [0, 0.05) is 0 Å². The summed E-state index contributed by atoms with van der Waals surface area (Å²) in [5.74, 6) is -0.997. The molecule has 7 unspecified atom stereocenters. The third-order valence-electron chi connectivity index (χ3n) is 13.5. The summed E-state index contributed by atoms with van der Waals surface area (Å²) < 4.78 is 11.6. The van der Waals surface area contributed by atoms with Gasteiger partial charge in [0.15, 0.2) is 0 Å². The van der Waals surface area contributed by atoms with Gasteiger partial charge in [0.25, 0.3) is 0 Å². The zero-order chi connectivity index (χ0) is 44.2. The van der Waals surface area contributed by atoms with Gasteiger partial charge in [-0.25, -0.2) is 0 Å². The van der Waals surface area contributed by atoms with Gasteiger partial charge in [-0.1, -0.05) is 227 Å². The van der Waals surface area contributed by atoms with E-state index in [0.29, 0.717) is 6.42 Å². The van der Waals surface area contributed by atoms with Crippen LogP contribution >= 0.6 is 0 Å². The number of hydrogen-bond donors (Lipinski definition) is 6. The molecule has 1 heterocycles. The van der Waals surface area contributed by atoms with Gasteiger partial charge in [-0.3, -0.25) is 4.79 Å². The highest BCUT2D eigenvalue weighted by Crippen LogP contribution is 2.28. The molecule has 1 saturated heterocycles. The summed E-state index contributed by atoms with van der Waals surface area (Å²) in [5, 5.41) is 63.5. The van der Waals surface area contributed by atoms with Crippen molar-refractivity contribution in [2.24, 2.45) is 11.8 Å². The normalized spacial score (nSPS) is 22.1. The molecule has 9 heteroatoms. The molecule has 0 aromatic rings. The van der Waals surface area contributed by atoms with Crippen molar-refractivity contribution in [1.29, 1.82) is 0 Å². The minimum Gasteiger partial charge on any atom is -0.459 e. The Balaban J connectivity index is 2.40. The molecular weight excluding hydrogens is 757 g/mol. The number of unbranched alkanes of at least 4 members (excludes halogenated alkanes) is 29. The lowest BCUT2D eigenvalue weighted by Crippen LogP contribution is -2.58. The topological polar surface area (TPSA) is 157 Å². The summed E-state index contributed by atoms with van der Waals surface area (Å²) in [6, 6.07) is 0. The van der Waals surface area contributed by atoms with Crippen LogP contribution in [0.25, 0.3) is 0 Å². The molecule has 0 aliphatic carbocycles. The second-order valence-electron chi connectivity index (χ2n) is 19.1. The largest absolute Gasteiger partial charge is 0.459 e. The van der Waals surface area contributed by atoms with E-state index in [0.717, 1.165) is 44.9 Å². The predicted octanol–water partition coefficient (Wildman–Crippen LogP) is 11.4. The third kappa shape index (κ3) is 27.4. The maximum atomic E-state index is 13.4. The fourth-order valence-corrected chi connectivity index (χ4v) is 8.99. The van der Waals surface area contributed by atoms with Crippen molar-refractivity contribution >= 4 is 5.97 Å². The maximum absolute atomic E-state index is 13.4. The van der Waals surface area contributed by atoms with Gasteiger partial charge in [-0.05, 0) is 31.6 Å². The number of aliphatic hydroxyl groups excluding tert-OH is 6. The Kier molecular flexibility index (Phi) is 36.8. The molecule has 0 amide bonds. The molecule has 0 bridgehead atoms. The zero-order valence-corrected chi connectivity index (χ0v) is 39.6. The van der Waals surface area contributed by atoms with Crippen molar-refractivity contribution in [2.45, 2.75) is 301 Å². The van der Waals surface area contributed by atoms with E-state index in [-0.39, 0.29) is 24.7 Å². The van der Waals surface area contributed by atoms with E-state index < -0.39 is 61.4 Å². The van der Waals surface area contributed by atoms with Crippen LogP contribution in [0, 0.1) is 11.8 Å². The SMILES string of the molecule is CCCCCCCCCCCCCCCCCCCCCCCC(C)C(=O)O[C@@H](CC[C@H]1OC(CO)C(O)C(O)[C@H]1O)C(O)C(O)C(C)CCCCCCCCCCCC. The fourth-order valence-electron chi connectivity index (χ4n) is 8.99. The van der Waals surface area contributed by atoms with Crippen LogP contribution < -0.4 is 0 Å². The number of hydrogen-bond acceptors (Lipinski definition) is 9. The van der Waals surface area contributed by atoms with E-state index >= 15 is 0 Å². The number of esters is 1. The summed E-state index contributed by atoms with van der Waals surface area (Å²) in [5.41, 5.74) is 0. The van der Waals surface area contributed by atoms with Gasteiger partial charge in [-0.2, -0.15) is 0 Å². The van der Waals surface area contributed by atoms with Crippen molar-refractivity contribution in [2.75, 3.05) is 6.61 Å². The van der Waals surface area contributed by atoms with E-state index in [2.05, 4.69) is 13.8 Å². The van der Waals surface area contributed by atoms with Crippen LogP contribution in [0.1, 0.15) is 252 Å². The summed E-state index contributed by atoms with van der Waals surface area (Å²) >= 11 is 0. The predicted molar refractivity (Wildman–Crippen MR) is 247 cm³/mol. The fraction of sp³-hybridized carbons (Fsp3) is 0.980. The molecule has 1 aliphatic heterocycles. The molecule has 10 atom stereocenters. The van der Waals surface area contributed by atoms with E-state index in [1.807, 2.05) is 13.8 Å². The number of aliphatic hydroxyl groups is 6. The Morgan fingerprint density at radius 1 is 0.483 bits per heavy atom. The first-order valence-corrected chi connectivity index (χ1v) is 26.0. The Labute approximate surface area is 369 Å². The lowest BCUT2D eigenvalue weighted by molar-refractivity contribution is -0.232. The van der Waals surface area contributed by atoms with E-state index in [4.69, 9.17) is 9.47 Å². The van der Waals surface area contributed by atoms with Crippen LogP contribution in [0.2, 0.25) is 0 Å². The molecule has 358 valence electrons. The molecule has 9 nitrogen and oxygen atoms in total. The van der Waals surface area contributed by atoms with Crippen molar-refractivity contribution in [1.82, 2.24) is 0 Å². The number of ether oxygens (including phenoxy) is 2. The highest BCUT2D eigenvalue weighted by molar-refractivity contribution is 5.72. The molecular formula is C51H100O9. The Hall–Kier alpha value is -0.810. The lowest BCUT2D eigenvalue weighted by atomic mass is 9.88. The number of rotatable bonds is 42. The highest BCUT2D eigenvalue weighted by atomic mass is 16.6. The first-order chi connectivity index (χ1) is 29.1. The summed E-state index contributed by atoms with van der Waals surface area (Å²) in [6.07, 6.45) is 31.8. The van der Waals surface area contributed by atoms with Crippen LogP contribution in [0.4, 0.5) is 0 Å². The minimum atomic E-state index is -1.51. The Bertz CT molecular complexity index is 950. The van der Waals surface area contributed by atoms with Crippen molar-refractivity contribution < 1.29 is 44.9 Å². The van der Waals surface area contributed by atoms with Gasteiger partial charge in [0.1, 0.15) is 36.6 Å². The first kappa shape index (κ1) is 57.2. The number of carbonyl (C=O) groups excluding carboxylic acids is 1. The molecule has 1 aliphatic rings. The van der Waals surface area contributed by atoms with Crippen LogP contribution in [0.3, 0.4) is 0 Å². The van der Waals surface area contributed by atoms with Gasteiger partial charge >= 0.3 is 5.97 Å². The van der Waals surface area contributed by atoms with Crippen molar-refractivity contribution in [3.8, 4) is 0 Å². The smallest absolute Gasteiger partial charge is 0.309 e. The molecule has 1 rings (SSSR count). The minimum absolute atomic E-state index is 0.0731. The average molecular weight is 857 g/mol. The van der Waals surface area contributed by atoms with Crippen LogP contribution in [0.15, 0.2) is 0 Å². The molecule has 60 heavy (non-hydrogen) atoms. The van der Waals surface area contributed by atoms with E-state index in [1.54, 1.807) is 0 Å². The van der Waals surface area contributed by atoms with E-state index in [9.17, 15) is 35.4 Å².